The van der Waals surface area contributed by atoms with Crippen LogP contribution < -0.4 is 5.32 Å². The van der Waals surface area contributed by atoms with Crippen molar-refractivity contribution in [3.05, 3.63) is 59.8 Å². The molecule has 3 aromatic rings. The van der Waals surface area contributed by atoms with Crippen molar-refractivity contribution in [2.24, 2.45) is 0 Å². The second-order valence-corrected chi connectivity index (χ2v) is 6.16. The Morgan fingerprint density at radius 3 is 2.80 bits per heavy atom. The van der Waals surface area contributed by atoms with Gasteiger partial charge in [0.2, 0.25) is 0 Å². The fraction of sp³-hybridized carbons (Fsp3) is 0.211. The summed E-state index contributed by atoms with van der Waals surface area (Å²) in [5, 5.41) is 11.7. The van der Waals surface area contributed by atoms with Crippen LogP contribution in [0.3, 0.4) is 0 Å². The van der Waals surface area contributed by atoms with E-state index in [1.165, 1.54) is 24.7 Å². The molecule has 2 heterocycles. The summed E-state index contributed by atoms with van der Waals surface area (Å²) in [6.45, 7) is 0. The molecule has 0 aliphatic heterocycles. The van der Waals surface area contributed by atoms with Gasteiger partial charge in [0.25, 0.3) is 0 Å². The normalized spacial score (nSPS) is 13.4. The number of anilines is 2. The number of nitriles is 1. The van der Waals surface area contributed by atoms with Gasteiger partial charge in [-0.1, -0.05) is 24.3 Å². The Balaban J connectivity index is 1.58. The standard InChI is InChI=1S/C19H16FN5/c20-16-11-23-18(14-3-1-12(2-4-14)7-8-21)25-19(16)24-15-9-17(22-10-15)13-5-6-13/h1-4,9-11,13,22H,5-7H2,(H,23,24,25). The summed E-state index contributed by atoms with van der Waals surface area (Å²) in [5.41, 5.74) is 3.66. The minimum Gasteiger partial charge on any atom is -0.363 e. The summed E-state index contributed by atoms with van der Waals surface area (Å²) in [4.78, 5) is 11.6. The predicted octanol–water partition coefficient (Wildman–Crippen LogP) is 4.30. The lowest BCUT2D eigenvalue weighted by Crippen LogP contribution is -2.00. The van der Waals surface area contributed by atoms with Crippen LogP contribution in [-0.4, -0.2) is 15.0 Å². The van der Waals surface area contributed by atoms with Crippen LogP contribution in [0.2, 0.25) is 0 Å². The van der Waals surface area contributed by atoms with E-state index >= 15 is 0 Å². The van der Waals surface area contributed by atoms with E-state index in [0.29, 0.717) is 18.2 Å². The van der Waals surface area contributed by atoms with E-state index < -0.39 is 5.82 Å². The summed E-state index contributed by atoms with van der Waals surface area (Å²) < 4.78 is 14.1. The first-order valence-corrected chi connectivity index (χ1v) is 8.17. The number of halogens is 1. The van der Waals surface area contributed by atoms with Crippen molar-refractivity contribution in [2.75, 3.05) is 5.32 Å². The molecule has 2 aromatic heterocycles. The van der Waals surface area contributed by atoms with Gasteiger partial charge in [0.05, 0.1) is 24.4 Å². The molecule has 0 amide bonds. The highest BCUT2D eigenvalue weighted by molar-refractivity contribution is 5.62. The van der Waals surface area contributed by atoms with Crippen LogP contribution in [0.4, 0.5) is 15.9 Å². The minimum atomic E-state index is -0.501. The number of benzene rings is 1. The summed E-state index contributed by atoms with van der Waals surface area (Å²) in [6, 6.07) is 11.5. The summed E-state index contributed by atoms with van der Waals surface area (Å²) in [6.07, 6.45) is 5.75. The van der Waals surface area contributed by atoms with Gasteiger partial charge < -0.3 is 10.3 Å². The molecule has 124 valence electrons. The second-order valence-electron chi connectivity index (χ2n) is 6.16. The van der Waals surface area contributed by atoms with Crippen molar-refractivity contribution < 1.29 is 4.39 Å². The van der Waals surface area contributed by atoms with Gasteiger partial charge in [0.15, 0.2) is 17.5 Å². The first-order chi connectivity index (χ1) is 12.2. The fourth-order valence-corrected chi connectivity index (χ4v) is 2.71. The number of H-pyrrole nitrogens is 1. The van der Waals surface area contributed by atoms with Crippen LogP contribution in [0.15, 0.2) is 42.7 Å². The molecule has 1 fully saturated rings. The molecule has 25 heavy (non-hydrogen) atoms. The van der Waals surface area contributed by atoms with Crippen LogP contribution in [0.1, 0.15) is 30.0 Å². The Hall–Kier alpha value is -3.20. The lowest BCUT2D eigenvalue weighted by atomic mass is 10.1. The molecule has 1 aliphatic rings. The number of aromatic amines is 1. The highest BCUT2D eigenvalue weighted by Gasteiger charge is 2.25. The van der Waals surface area contributed by atoms with E-state index in [1.54, 1.807) is 0 Å². The lowest BCUT2D eigenvalue weighted by Gasteiger charge is -2.07. The molecule has 1 saturated carbocycles. The Morgan fingerprint density at radius 2 is 2.08 bits per heavy atom. The van der Waals surface area contributed by atoms with Crippen LogP contribution in [0, 0.1) is 17.1 Å². The van der Waals surface area contributed by atoms with Gasteiger partial charge in [0, 0.05) is 17.5 Å². The predicted molar refractivity (Wildman–Crippen MR) is 92.8 cm³/mol. The molecule has 5 nitrogen and oxygen atoms in total. The zero-order valence-corrected chi connectivity index (χ0v) is 13.5. The Kier molecular flexibility index (Phi) is 3.90. The van der Waals surface area contributed by atoms with Gasteiger partial charge in [0.1, 0.15) is 0 Å². The third-order valence-corrected chi connectivity index (χ3v) is 4.22. The second kappa shape index (κ2) is 6.36. The molecule has 1 aromatic carbocycles. The smallest absolute Gasteiger partial charge is 0.184 e. The van der Waals surface area contributed by atoms with Crippen molar-refractivity contribution >= 4 is 11.5 Å². The van der Waals surface area contributed by atoms with E-state index in [-0.39, 0.29) is 5.82 Å². The highest BCUT2D eigenvalue weighted by Crippen LogP contribution is 2.40. The SMILES string of the molecule is N#CCc1ccc(-c2ncc(F)c(Nc3c[nH]c(C4CC4)c3)n2)cc1. The zero-order valence-electron chi connectivity index (χ0n) is 13.5. The van der Waals surface area contributed by atoms with Crippen LogP contribution >= 0.6 is 0 Å². The van der Waals surface area contributed by atoms with E-state index in [9.17, 15) is 4.39 Å². The molecule has 4 rings (SSSR count). The number of nitrogens with zero attached hydrogens (tertiary/aromatic N) is 3. The van der Waals surface area contributed by atoms with Gasteiger partial charge in [-0.25, -0.2) is 14.4 Å². The molecule has 1 aliphatic carbocycles. The van der Waals surface area contributed by atoms with Crippen molar-refractivity contribution in [1.29, 1.82) is 5.26 Å². The molecule has 6 heteroatoms. The zero-order chi connectivity index (χ0) is 17.2. The van der Waals surface area contributed by atoms with E-state index in [2.05, 4.69) is 26.3 Å². The van der Waals surface area contributed by atoms with Crippen molar-refractivity contribution in [3.8, 4) is 17.5 Å². The number of aromatic nitrogens is 3. The Bertz CT molecular complexity index is 935. The van der Waals surface area contributed by atoms with E-state index in [0.717, 1.165) is 16.8 Å². The number of hydrogen-bond donors (Lipinski definition) is 2. The largest absolute Gasteiger partial charge is 0.363 e. The molecule has 2 N–H and O–H groups in total. The molecular weight excluding hydrogens is 317 g/mol. The maximum atomic E-state index is 14.1. The average molecular weight is 333 g/mol. The van der Waals surface area contributed by atoms with Crippen LogP contribution in [0.5, 0.6) is 0 Å². The topological polar surface area (TPSA) is 77.4 Å². The first-order valence-electron chi connectivity index (χ1n) is 8.17. The summed E-state index contributed by atoms with van der Waals surface area (Å²) in [7, 11) is 0. The van der Waals surface area contributed by atoms with Crippen LogP contribution in [0.25, 0.3) is 11.4 Å². The lowest BCUT2D eigenvalue weighted by molar-refractivity contribution is 0.619. The van der Waals surface area contributed by atoms with Crippen molar-refractivity contribution in [3.63, 3.8) is 0 Å². The van der Waals surface area contributed by atoms with Gasteiger partial charge in [-0.3, -0.25) is 0 Å². The third-order valence-electron chi connectivity index (χ3n) is 4.22. The van der Waals surface area contributed by atoms with E-state index in [1.807, 2.05) is 36.5 Å². The summed E-state index contributed by atoms with van der Waals surface area (Å²) in [5.74, 6) is 0.685. The number of rotatable bonds is 5. The monoisotopic (exact) mass is 333 g/mol. The molecule has 0 unspecified atom stereocenters. The van der Waals surface area contributed by atoms with Gasteiger partial charge in [-0.05, 0) is 30.4 Å². The third kappa shape index (κ3) is 3.36. The van der Waals surface area contributed by atoms with E-state index in [4.69, 9.17) is 5.26 Å². The van der Waals surface area contributed by atoms with Gasteiger partial charge in [-0.2, -0.15) is 5.26 Å². The molecule has 0 saturated heterocycles. The first kappa shape index (κ1) is 15.3. The highest BCUT2D eigenvalue weighted by atomic mass is 19.1. The van der Waals surface area contributed by atoms with Gasteiger partial charge in [-0.15, -0.1) is 0 Å². The summed E-state index contributed by atoms with van der Waals surface area (Å²) >= 11 is 0. The maximum Gasteiger partial charge on any atom is 0.184 e. The Labute approximate surface area is 144 Å². The van der Waals surface area contributed by atoms with Crippen LogP contribution in [-0.2, 0) is 6.42 Å². The molecule has 0 atom stereocenters. The maximum absolute atomic E-state index is 14.1. The Morgan fingerprint density at radius 1 is 1.28 bits per heavy atom. The minimum absolute atomic E-state index is 0.146. The molecular formula is C19H16FN5. The van der Waals surface area contributed by atoms with Crippen molar-refractivity contribution in [1.82, 2.24) is 15.0 Å². The quantitative estimate of drug-likeness (QED) is 0.730. The van der Waals surface area contributed by atoms with Gasteiger partial charge >= 0.3 is 0 Å². The number of hydrogen-bond acceptors (Lipinski definition) is 4. The number of nitrogens with one attached hydrogen (secondary N) is 2. The molecule has 0 bridgehead atoms. The fourth-order valence-electron chi connectivity index (χ4n) is 2.71. The average Bonchev–Trinajstić information content (AvgIpc) is 3.37. The molecule has 0 spiro atoms. The molecule has 0 radical (unpaired) electrons. The van der Waals surface area contributed by atoms with Crippen molar-refractivity contribution in [2.45, 2.75) is 25.2 Å².